The van der Waals surface area contributed by atoms with Crippen LogP contribution in [-0.2, 0) is 0 Å². The number of hydrogen-bond acceptors (Lipinski definition) is 2. The largest absolute Gasteiger partial charge is 0.330 e. The molecule has 2 rings (SSSR count). The summed E-state index contributed by atoms with van der Waals surface area (Å²) in [4.78, 5) is 12.4. The van der Waals surface area contributed by atoms with E-state index in [1.54, 1.807) is 0 Å². The van der Waals surface area contributed by atoms with Crippen LogP contribution in [0.15, 0.2) is 48.5 Å². The highest BCUT2D eigenvalue weighted by atomic mass is 16.1. The van der Waals surface area contributed by atoms with Crippen LogP contribution in [0.4, 0.5) is 0 Å². The fourth-order valence-corrected chi connectivity index (χ4v) is 1.99. The van der Waals surface area contributed by atoms with E-state index in [1.807, 2.05) is 55.5 Å². The van der Waals surface area contributed by atoms with Gasteiger partial charge in [0.25, 0.3) is 0 Å². The predicted octanol–water partition coefficient (Wildman–Crippen LogP) is 3.29. The molecule has 1 unspecified atom stereocenters. The number of hydrogen-bond donors (Lipinski definition) is 1. The zero-order valence-electron chi connectivity index (χ0n) is 11.4. The van der Waals surface area contributed by atoms with Crippen molar-refractivity contribution in [2.45, 2.75) is 19.8 Å². The van der Waals surface area contributed by atoms with E-state index in [0.29, 0.717) is 6.54 Å². The fraction of sp³-hybridized carbons (Fsp3) is 0.235. The topological polar surface area (TPSA) is 43.1 Å². The molecule has 0 saturated carbocycles. The van der Waals surface area contributed by atoms with E-state index in [1.165, 1.54) is 0 Å². The van der Waals surface area contributed by atoms with E-state index >= 15 is 0 Å². The second-order valence-corrected chi connectivity index (χ2v) is 4.96. The van der Waals surface area contributed by atoms with Gasteiger partial charge in [-0.15, -0.1) is 0 Å². The third-order valence-corrected chi connectivity index (χ3v) is 3.39. The van der Waals surface area contributed by atoms with Crippen molar-refractivity contribution in [3.8, 4) is 0 Å². The molecule has 0 amide bonds. The lowest BCUT2D eigenvalue weighted by molar-refractivity contribution is 0.103. The van der Waals surface area contributed by atoms with Crippen molar-refractivity contribution in [1.82, 2.24) is 0 Å². The summed E-state index contributed by atoms with van der Waals surface area (Å²) in [5, 5.41) is 0. The third kappa shape index (κ3) is 3.09. The predicted molar refractivity (Wildman–Crippen MR) is 78.5 cm³/mol. The summed E-state index contributed by atoms with van der Waals surface area (Å²) in [6, 6.07) is 15.4. The van der Waals surface area contributed by atoms with E-state index < -0.39 is 0 Å². The van der Waals surface area contributed by atoms with E-state index in [9.17, 15) is 4.79 Å². The van der Waals surface area contributed by atoms with Gasteiger partial charge in [0, 0.05) is 11.1 Å². The first-order valence-electron chi connectivity index (χ1n) is 6.53. The van der Waals surface area contributed by atoms with Gasteiger partial charge in [-0.2, -0.15) is 0 Å². The molecule has 0 aliphatic rings. The first kappa shape index (κ1) is 13.5. The van der Waals surface area contributed by atoms with Crippen LogP contribution < -0.4 is 5.73 Å². The Kier molecular flexibility index (Phi) is 4.13. The highest BCUT2D eigenvalue weighted by Gasteiger charge is 2.11. The zero-order chi connectivity index (χ0) is 13.8. The lowest BCUT2D eigenvalue weighted by atomic mass is 9.95. The first-order valence-corrected chi connectivity index (χ1v) is 6.53. The van der Waals surface area contributed by atoms with Crippen molar-refractivity contribution >= 4 is 5.78 Å². The summed E-state index contributed by atoms with van der Waals surface area (Å²) in [5.74, 6) is 0.330. The molecule has 0 spiro atoms. The van der Waals surface area contributed by atoms with E-state index in [-0.39, 0.29) is 11.7 Å². The van der Waals surface area contributed by atoms with Crippen LogP contribution in [0, 0.1) is 6.92 Å². The second kappa shape index (κ2) is 5.81. The number of benzene rings is 2. The van der Waals surface area contributed by atoms with Gasteiger partial charge >= 0.3 is 0 Å². The summed E-state index contributed by atoms with van der Waals surface area (Å²) in [6.07, 6.45) is 0. The molecule has 0 heterocycles. The molecular formula is C17H19NO. The molecule has 19 heavy (non-hydrogen) atoms. The Bertz CT molecular complexity index is 572. The monoisotopic (exact) mass is 253 g/mol. The van der Waals surface area contributed by atoms with Crippen molar-refractivity contribution in [1.29, 1.82) is 0 Å². The maximum Gasteiger partial charge on any atom is 0.193 e. The lowest BCUT2D eigenvalue weighted by Crippen LogP contribution is -2.10. The van der Waals surface area contributed by atoms with Gasteiger partial charge in [-0.05, 0) is 31.0 Å². The SMILES string of the molecule is Cc1ccc(C(=O)c2cccc(C(C)CN)c2)cc1. The van der Waals surface area contributed by atoms with E-state index in [2.05, 4.69) is 6.92 Å². The van der Waals surface area contributed by atoms with Crippen LogP contribution >= 0.6 is 0 Å². The molecule has 2 heteroatoms. The van der Waals surface area contributed by atoms with Crippen molar-refractivity contribution in [2.75, 3.05) is 6.54 Å². The van der Waals surface area contributed by atoms with Gasteiger partial charge in [0.2, 0.25) is 0 Å². The van der Waals surface area contributed by atoms with E-state index in [0.717, 1.165) is 22.3 Å². The van der Waals surface area contributed by atoms with Crippen molar-refractivity contribution < 1.29 is 4.79 Å². The van der Waals surface area contributed by atoms with Crippen LogP contribution in [-0.4, -0.2) is 12.3 Å². The van der Waals surface area contributed by atoms with Crippen molar-refractivity contribution in [3.63, 3.8) is 0 Å². The Hall–Kier alpha value is -1.93. The molecule has 0 bridgehead atoms. The molecule has 0 radical (unpaired) electrons. The number of nitrogens with two attached hydrogens (primary N) is 1. The van der Waals surface area contributed by atoms with Gasteiger partial charge in [-0.3, -0.25) is 4.79 Å². The molecule has 0 aliphatic heterocycles. The van der Waals surface area contributed by atoms with Crippen LogP contribution in [0.3, 0.4) is 0 Å². The van der Waals surface area contributed by atoms with Crippen LogP contribution in [0.1, 0.15) is 39.9 Å². The van der Waals surface area contributed by atoms with Gasteiger partial charge in [-0.25, -0.2) is 0 Å². The molecule has 2 aromatic carbocycles. The van der Waals surface area contributed by atoms with Crippen LogP contribution in [0.5, 0.6) is 0 Å². The van der Waals surface area contributed by atoms with Gasteiger partial charge < -0.3 is 5.73 Å². The Morgan fingerprint density at radius 2 is 1.79 bits per heavy atom. The Balaban J connectivity index is 2.31. The number of aryl methyl sites for hydroxylation is 1. The molecule has 0 fully saturated rings. The minimum absolute atomic E-state index is 0.0612. The molecule has 98 valence electrons. The summed E-state index contributed by atoms with van der Waals surface area (Å²) in [6.45, 7) is 4.66. The fourth-order valence-electron chi connectivity index (χ4n) is 1.99. The summed E-state index contributed by atoms with van der Waals surface area (Å²) >= 11 is 0. The maximum absolute atomic E-state index is 12.4. The molecule has 2 N–H and O–H groups in total. The number of ketones is 1. The van der Waals surface area contributed by atoms with Crippen LogP contribution in [0.2, 0.25) is 0 Å². The number of rotatable bonds is 4. The van der Waals surface area contributed by atoms with Crippen molar-refractivity contribution in [3.05, 3.63) is 70.8 Å². The molecule has 0 aliphatic carbocycles. The normalized spacial score (nSPS) is 12.2. The quantitative estimate of drug-likeness (QED) is 0.850. The smallest absolute Gasteiger partial charge is 0.193 e. The average Bonchev–Trinajstić information content (AvgIpc) is 2.46. The maximum atomic E-state index is 12.4. The Labute approximate surface area is 114 Å². The Morgan fingerprint density at radius 1 is 1.11 bits per heavy atom. The van der Waals surface area contributed by atoms with Gasteiger partial charge in [0.15, 0.2) is 5.78 Å². The molecule has 0 aromatic heterocycles. The first-order chi connectivity index (χ1) is 9.11. The third-order valence-electron chi connectivity index (χ3n) is 3.39. The highest BCUT2D eigenvalue weighted by molar-refractivity contribution is 6.09. The minimum atomic E-state index is 0.0612. The minimum Gasteiger partial charge on any atom is -0.330 e. The molecule has 2 aromatic rings. The lowest BCUT2D eigenvalue weighted by Gasteiger charge is -2.10. The Morgan fingerprint density at radius 3 is 2.42 bits per heavy atom. The van der Waals surface area contributed by atoms with Gasteiger partial charge in [0.05, 0.1) is 0 Å². The summed E-state index contributed by atoms with van der Waals surface area (Å²) in [5.41, 5.74) is 9.39. The van der Waals surface area contributed by atoms with Gasteiger partial charge in [0.1, 0.15) is 0 Å². The number of carbonyl (C=O) groups is 1. The zero-order valence-corrected chi connectivity index (χ0v) is 11.4. The molecule has 0 saturated heterocycles. The van der Waals surface area contributed by atoms with E-state index in [4.69, 9.17) is 5.73 Å². The standard InChI is InChI=1S/C17H19NO/c1-12-6-8-14(9-7-12)17(19)16-5-3-4-15(10-16)13(2)11-18/h3-10,13H,11,18H2,1-2H3. The summed E-state index contributed by atoms with van der Waals surface area (Å²) < 4.78 is 0. The van der Waals surface area contributed by atoms with Crippen molar-refractivity contribution in [2.24, 2.45) is 5.73 Å². The van der Waals surface area contributed by atoms with Gasteiger partial charge in [-0.1, -0.05) is 55.0 Å². The average molecular weight is 253 g/mol. The molecule has 1 atom stereocenters. The number of carbonyl (C=O) groups excluding carboxylic acids is 1. The second-order valence-electron chi connectivity index (χ2n) is 4.96. The molecule has 2 nitrogen and oxygen atoms in total. The van der Waals surface area contributed by atoms with Crippen LogP contribution in [0.25, 0.3) is 0 Å². The summed E-state index contributed by atoms with van der Waals surface area (Å²) in [7, 11) is 0. The molecular weight excluding hydrogens is 234 g/mol. The highest BCUT2D eigenvalue weighted by Crippen LogP contribution is 2.18.